The summed E-state index contributed by atoms with van der Waals surface area (Å²) in [6.45, 7) is 8.23. The Hall–Kier alpha value is -3.07. The van der Waals surface area contributed by atoms with Gasteiger partial charge in [-0.1, -0.05) is 111 Å². The molecule has 4 rings (SSSR count). The Balaban J connectivity index is 1.40. The number of ether oxygens (including phenoxy) is 2. The van der Waals surface area contributed by atoms with Crippen LogP contribution in [-0.4, -0.2) is 47.2 Å². The minimum absolute atomic E-state index is 0.102. The van der Waals surface area contributed by atoms with Crippen molar-refractivity contribution in [1.82, 2.24) is 9.55 Å². The SMILES string of the molecule is C[Si](C)(C)CCOCn1cnc(C(O)CC[C@H](O)COC(c2ccccc2)(c2ccccc2)c2ccccc2)c1. The normalized spacial score (nSPS) is 13.7. The predicted molar refractivity (Wildman–Crippen MR) is 162 cm³/mol. The molecule has 4 aromatic rings. The van der Waals surface area contributed by atoms with Gasteiger partial charge in [-0.15, -0.1) is 0 Å². The number of hydrogen-bond donors (Lipinski definition) is 2. The fourth-order valence-corrected chi connectivity index (χ4v) is 5.50. The van der Waals surface area contributed by atoms with Crippen molar-refractivity contribution in [2.45, 2.75) is 63.1 Å². The van der Waals surface area contributed by atoms with Crippen LogP contribution in [0, 0.1) is 0 Å². The first-order valence-electron chi connectivity index (χ1n) is 14.0. The first kappa shape index (κ1) is 29.9. The first-order valence-corrected chi connectivity index (χ1v) is 17.7. The lowest BCUT2D eigenvalue weighted by atomic mass is 9.80. The molecule has 0 radical (unpaired) electrons. The quantitative estimate of drug-likeness (QED) is 0.101. The van der Waals surface area contributed by atoms with Crippen LogP contribution in [0.2, 0.25) is 25.7 Å². The molecule has 7 heteroatoms. The van der Waals surface area contributed by atoms with Gasteiger partial charge in [0.25, 0.3) is 0 Å². The highest BCUT2D eigenvalue weighted by atomic mass is 28.3. The summed E-state index contributed by atoms with van der Waals surface area (Å²) in [7, 11) is -1.13. The molecule has 0 aliphatic carbocycles. The van der Waals surface area contributed by atoms with Crippen LogP contribution in [0.15, 0.2) is 104 Å². The second-order valence-corrected chi connectivity index (χ2v) is 17.1. The topological polar surface area (TPSA) is 76.7 Å². The standard InChI is InChI=1S/C33H42N2O4Si/c1-40(2,3)22-21-38-26-35-23-31(34-25-35)32(37)20-19-30(36)24-39-33(27-13-7-4-8-14-27,28-15-9-5-10-16-28)29-17-11-6-12-18-29/h4-18,23,25,30,32,36-37H,19-22,24,26H2,1-3H3/t30-,32?/m0/s1. The maximum Gasteiger partial charge on any atom is 0.143 e. The highest BCUT2D eigenvalue weighted by Crippen LogP contribution is 2.40. The van der Waals surface area contributed by atoms with Crippen molar-refractivity contribution in [3.8, 4) is 0 Å². The largest absolute Gasteiger partial charge is 0.391 e. The Morgan fingerprint density at radius 2 is 1.32 bits per heavy atom. The molecule has 0 saturated heterocycles. The monoisotopic (exact) mass is 558 g/mol. The van der Waals surface area contributed by atoms with E-state index in [0.717, 1.165) is 29.3 Å². The van der Waals surface area contributed by atoms with Gasteiger partial charge in [0, 0.05) is 20.9 Å². The second kappa shape index (κ2) is 14.0. The third-order valence-corrected chi connectivity index (χ3v) is 8.74. The molecule has 2 atom stereocenters. The Morgan fingerprint density at radius 3 is 1.82 bits per heavy atom. The van der Waals surface area contributed by atoms with E-state index in [4.69, 9.17) is 9.47 Å². The molecular weight excluding hydrogens is 516 g/mol. The van der Waals surface area contributed by atoms with Crippen LogP contribution in [0.5, 0.6) is 0 Å². The summed E-state index contributed by atoms with van der Waals surface area (Å²) in [6.07, 6.45) is 2.69. The Bertz CT molecular complexity index is 1180. The number of imidazole rings is 1. The number of aliphatic hydroxyl groups is 2. The van der Waals surface area contributed by atoms with Crippen LogP contribution in [-0.2, 0) is 21.8 Å². The van der Waals surface area contributed by atoms with Crippen molar-refractivity contribution in [3.63, 3.8) is 0 Å². The van der Waals surface area contributed by atoms with Crippen molar-refractivity contribution in [3.05, 3.63) is 126 Å². The highest BCUT2D eigenvalue weighted by molar-refractivity contribution is 6.76. The highest BCUT2D eigenvalue weighted by Gasteiger charge is 2.38. The molecule has 6 nitrogen and oxygen atoms in total. The van der Waals surface area contributed by atoms with Gasteiger partial charge in [-0.05, 0) is 35.6 Å². The van der Waals surface area contributed by atoms with Gasteiger partial charge in [0.15, 0.2) is 0 Å². The molecule has 0 fully saturated rings. The summed E-state index contributed by atoms with van der Waals surface area (Å²) >= 11 is 0. The lowest BCUT2D eigenvalue weighted by Crippen LogP contribution is -2.35. The van der Waals surface area contributed by atoms with Crippen LogP contribution >= 0.6 is 0 Å². The summed E-state index contributed by atoms with van der Waals surface area (Å²) in [5.41, 5.74) is 2.64. The molecule has 2 N–H and O–H groups in total. The van der Waals surface area contributed by atoms with Gasteiger partial charge < -0.3 is 24.3 Å². The van der Waals surface area contributed by atoms with E-state index in [0.29, 0.717) is 25.3 Å². The van der Waals surface area contributed by atoms with Gasteiger partial charge >= 0.3 is 0 Å². The van der Waals surface area contributed by atoms with Gasteiger partial charge in [-0.3, -0.25) is 0 Å². The molecule has 0 saturated carbocycles. The molecule has 0 amide bonds. The summed E-state index contributed by atoms with van der Waals surface area (Å²) < 4.78 is 14.3. The summed E-state index contributed by atoms with van der Waals surface area (Å²) in [5.74, 6) is 0. The zero-order chi connectivity index (χ0) is 28.4. The number of aromatic nitrogens is 2. The predicted octanol–water partition coefficient (Wildman–Crippen LogP) is 6.38. The zero-order valence-corrected chi connectivity index (χ0v) is 24.8. The lowest BCUT2D eigenvalue weighted by molar-refractivity contribution is -0.0432. The van der Waals surface area contributed by atoms with Crippen molar-refractivity contribution in [1.29, 1.82) is 0 Å². The van der Waals surface area contributed by atoms with E-state index in [-0.39, 0.29) is 6.61 Å². The Morgan fingerprint density at radius 1 is 0.800 bits per heavy atom. The maximum absolute atomic E-state index is 11.0. The number of hydrogen-bond acceptors (Lipinski definition) is 5. The molecule has 0 aliphatic rings. The van der Waals surface area contributed by atoms with Crippen molar-refractivity contribution < 1.29 is 19.7 Å². The van der Waals surface area contributed by atoms with Crippen LogP contribution < -0.4 is 0 Å². The maximum atomic E-state index is 11.0. The van der Waals surface area contributed by atoms with E-state index in [2.05, 4.69) is 61.0 Å². The summed E-state index contributed by atoms with van der Waals surface area (Å²) in [6, 6.07) is 31.4. The fraction of sp³-hybridized carbons (Fsp3) is 0.364. The van der Waals surface area contributed by atoms with Crippen LogP contribution in [0.1, 0.15) is 41.3 Å². The fourth-order valence-electron chi connectivity index (χ4n) is 4.74. The van der Waals surface area contributed by atoms with E-state index >= 15 is 0 Å². The molecule has 0 bridgehead atoms. The van der Waals surface area contributed by atoms with E-state index in [9.17, 15) is 10.2 Å². The second-order valence-electron chi connectivity index (χ2n) is 11.5. The van der Waals surface area contributed by atoms with Crippen LogP contribution in [0.4, 0.5) is 0 Å². The van der Waals surface area contributed by atoms with E-state index in [1.165, 1.54) is 0 Å². The molecule has 1 unspecified atom stereocenters. The van der Waals surface area contributed by atoms with Gasteiger partial charge in [-0.2, -0.15) is 0 Å². The third kappa shape index (κ3) is 7.99. The number of benzene rings is 3. The molecule has 1 heterocycles. The molecular formula is C33H42N2O4Si. The van der Waals surface area contributed by atoms with Gasteiger partial charge in [0.2, 0.25) is 0 Å². The van der Waals surface area contributed by atoms with Crippen LogP contribution in [0.3, 0.4) is 0 Å². The summed E-state index contributed by atoms with van der Waals surface area (Å²) in [5, 5.41) is 21.7. The Labute approximate surface area is 239 Å². The minimum atomic E-state index is -1.13. The Kier molecular flexibility index (Phi) is 10.5. The smallest absolute Gasteiger partial charge is 0.143 e. The van der Waals surface area contributed by atoms with Crippen molar-refractivity contribution in [2.24, 2.45) is 0 Å². The minimum Gasteiger partial charge on any atom is -0.391 e. The van der Waals surface area contributed by atoms with E-state index in [1.54, 1.807) is 6.33 Å². The van der Waals surface area contributed by atoms with Crippen molar-refractivity contribution in [2.75, 3.05) is 13.2 Å². The molecule has 1 aromatic heterocycles. The van der Waals surface area contributed by atoms with Gasteiger partial charge in [0.1, 0.15) is 12.3 Å². The summed E-state index contributed by atoms with van der Waals surface area (Å²) in [4.78, 5) is 4.35. The molecule has 0 aliphatic heterocycles. The number of nitrogens with zero attached hydrogens (tertiary/aromatic N) is 2. The van der Waals surface area contributed by atoms with Gasteiger partial charge in [0.05, 0.1) is 30.8 Å². The van der Waals surface area contributed by atoms with Gasteiger partial charge in [-0.25, -0.2) is 4.98 Å². The first-order chi connectivity index (χ1) is 19.3. The average molecular weight is 559 g/mol. The van der Waals surface area contributed by atoms with Crippen LogP contribution in [0.25, 0.3) is 0 Å². The number of rotatable bonds is 15. The molecule has 40 heavy (non-hydrogen) atoms. The average Bonchev–Trinajstić information content (AvgIpc) is 3.45. The molecule has 0 spiro atoms. The molecule has 3 aromatic carbocycles. The third-order valence-electron chi connectivity index (χ3n) is 7.04. The van der Waals surface area contributed by atoms with E-state index in [1.807, 2.05) is 65.4 Å². The lowest BCUT2D eigenvalue weighted by Gasteiger charge is -2.36. The number of aliphatic hydroxyl groups excluding tert-OH is 2. The molecule has 212 valence electrons. The zero-order valence-electron chi connectivity index (χ0n) is 23.8. The van der Waals surface area contributed by atoms with Crippen molar-refractivity contribution >= 4 is 8.07 Å². The van der Waals surface area contributed by atoms with E-state index < -0.39 is 25.9 Å².